The van der Waals surface area contributed by atoms with E-state index in [0.29, 0.717) is 5.25 Å². The van der Waals surface area contributed by atoms with Crippen LogP contribution >= 0.6 is 11.8 Å². The number of nitrogens with one attached hydrogen (secondary N) is 1. The lowest BCUT2D eigenvalue weighted by atomic mass is 10.2. The van der Waals surface area contributed by atoms with Crippen LogP contribution in [0.4, 0.5) is 0 Å². The summed E-state index contributed by atoms with van der Waals surface area (Å²) in [4.78, 5) is 9.16. The van der Waals surface area contributed by atoms with Gasteiger partial charge in [0.15, 0.2) is 0 Å². The van der Waals surface area contributed by atoms with Crippen LogP contribution in [0.5, 0.6) is 0 Å². The van der Waals surface area contributed by atoms with E-state index in [-0.39, 0.29) is 0 Å². The number of imidazole rings is 2. The molecule has 0 radical (unpaired) electrons. The Kier molecular flexibility index (Phi) is 2.41. The molecule has 0 aromatic carbocycles. The number of hydrogen-bond donors (Lipinski definition) is 1. The molecule has 0 amide bonds. The van der Waals surface area contributed by atoms with Gasteiger partial charge in [-0.05, 0) is 38.1 Å². The first-order valence-electron chi connectivity index (χ1n) is 6.35. The topological polar surface area (TPSA) is 42.2 Å². The van der Waals surface area contributed by atoms with Crippen LogP contribution in [0.15, 0.2) is 29.4 Å². The molecule has 0 aliphatic carbocycles. The summed E-state index contributed by atoms with van der Waals surface area (Å²) in [6.07, 6.45) is 4.39. The van der Waals surface area contributed by atoms with Crippen LogP contribution in [0.25, 0.3) is 16.8 Å². The zero-order valence-corrected chi connectivity index (χ0v) is 10.8. The van der Waals surface area contributed by atoms with Gasteiger partial charge in [-0.1, -0.05) is 6.07 Å². The van der Waals surface area contributed by atoms with Gasteiger partial charge in [0.2, 0.25) is 0 Å². The van der Waals surface area contributed by atoms with Gasteiger partial charge in [0.05, 0.1) is 11.7 Å². The minimum Gasteiger partial charge on any atom is -0.317 e. The standard InChI is InChI=1S/C13H14N4S/c1-2-11-15-8-10-13(16-12(3-1)17(10)11)18-9-4-6-14-7-5-9/h1-3,8-9,14H,4-7H2. The van der Waals surface area contributed by atoms with Crippen LogP contribution in [-0.4, -0.2) is 32.7 Å². The molecule has 0 unspecified atom stereocenters. The normalized spacial score (nSPS) is 18.0. The summed E-state index contributed by atoms with van der Waals surface area (Å²) in [5.74, 6) is 0. The van der Waals surface area contributed by atoms with Crippen LogP contribution < -0.4 is 5.32 Å². The van der Waals surface area contributed by atoms with Crippen molar-refractivity contribution in [1.29, 1.82) is 0 Å². The zero-order chi connectivity index (χ0) is 11.9. The van der Waals surface area contributed by atoms with Crippen molar-refractivity contribution in [3.05, 3.63) is 24.4 Å². The molecule has 3 aromatic heterocycles. The van der Waals surface area contributed by atoms with E-state index in [9.17, 15) is 0 Å². The van der Waals surface area contributed by atoms with E-state index in [4.69, 9.17) is 4.98 Å². The highest BCUT2D eigenvalue weighted by molar-refractivity contribution is 8.00. The Morgan fingerprint density at radius 3 is 2.94 bits per heavy atom. The molecule has 0 atom stereocenters. The van der Waals surface area contributed by atoms with E-state index in [1.54, 1.807) is 0 Å². The van der Waals surface area contributed by atoms with Gasteiger partial charge in [-0.2, -0.15) is 0 Å². The molecule has 0 bridgehead atoms. The smallest absolute Gasteiger partial charge is 0.140 e. The number of piperidine rings is 1. The molecule has 0 saturated carbocycles. The fourth-order valence-corrected chi connectivity index (χ4v) is 3.77. The molecule has 1 N–H and O–H groups in total. The van der Waals surface area contributed by atoms with E-state index in [0.717, 1.165) is 34.9 Å². The molecule has 3 aromatic rings. The number of pyridine rings is 1. The maximum absolute atomic E-state index is 4.73. The van der Waals surface area contributed by atoms with Crippen molar-refractivity contribution < 1.29 is 0 Å². The average Bonchev–Trinajstić information content (AvgIpc) is 2.98. The van der Waals surface area contributed by atoms with Gasteiger partial charge in [-0.25, -0.2) is 9.97 Å². The first-order chi connectivity index (χ1) is 8.92. The Balaban J connectivity index is 1.75. The number of hydrogen-bond acceptors (Lipinski definition) is 4. The highest BCUT2D eigenvalue weighted by Crippen LogP contribution is 2.32. The Hall–Kier alpha value is -1.33. The van der Waals surface area contributed by atoms with E-state index in [1.165, 1.54) is 12.8 Å². The lowest BCUT2D eigenvalue weighted by Crippen LogP contribution is -2.29. The molecular formula is C13H14N4S. The fourth-order valence-electron chi connectivity index (χ4n) is 2.58. The highest BCUT2D eigenvalue weighted by Gasteiger charge is 2.19. The second-order valence-corrected chi connectivity index (χ2v) is 5.99. The maximum atomic E-state index is 4.73. The van der Waals surface area contributed by atoms with Crippen molar-refractivity contribution in [1.82, 2.24) is 19.7 Å². The van der Waals surface area contributed by atoms with Gasteiger partial charge in [-0.15, -0.1) is 11.8 Å². The first kappa shape index (κ1) is 10.6. The predicted octanol–water partition coefficient (Wildman–Crippen LogP) is 2.16. The second kappa shape index (κ2) is 4.10. The minimum absolute atomic E-state index is 0.685. The SMILES string of the molecule is c1cc2ncc3c(SC4CCNCC4)nc(c1)n23. The summed E-state index contributed by atoms with van der Waals surface area (Å²) in [5.41, 5.74) is 3.16. The molecular weight excluding hydrogens is 244 g/mol. The molecule has 1 saturated heterocycles. The van der Waals surface area contributed by atoms with E-state index in [2.05, 4.69) is 14.7 Å². The maximum Gasteiger partial charge on any atom is 0.140 e. The van der Waals surface area contributed by atoms with Gasteiger partial charge in [0.25, 0.3) is 0 Å². The molecule has 1 fully saturated rings. The van der Waals surface area contributed by atoms with Crippen LogP contribution in [0.1, 0.15) is 12.8 Å². The molecule has 0 spiro atoms. The third-order valence-electron chi connectivity index (χ3n) is 3.51. The summed E-state index contributed by atoms with van der Waals surface area (Å²) < 4.78 is 2.14. The Morgan fingerprint density at radius 1 is 1.22 bits per heavy atom. The van der Waals surface area contributed by atoms with Crippen molar-refractivity contribution in [3.8, 4) is 0 Å². The van der Waals surface area contributed by atoms with Gasteiger partial charge >= 0.3 is 0 Å². The molecule has 1 aliphatic heterocycles. The Morgan fingerprint density at radius 2 is 2.06 bits per heavy atom. The third kappa shape index (κ3) is 1.58. The molecule has 18 heavy (non-hydrogen) atoms. The van der Waals surface area contributed by atoms with Crippen molar-refractivity contribution in [2.45, 2.75) is 23.1 Å². The third-order valence-corrected chi connectivity index (χ3v) is 4.84. The molecule has 92 valence electrons. The number of rotatable bonds is 2. The van der Waals surface area contributed by atoms with Crippen molar-refractivity contribution >= 4 is 28.6 Å². The van der Waals surface area contributed by atoms with Crippen LogP contribution in [0.2, 0.25) is 0 Å². The van der Waals surface area contributed by atoms with Crippen molar-refractivity contribution in [2.24, 2.45) is 0 Å². The summed E-state index contributed by atoms with van der Waals surface area (Å²) in [6, 6.07) is 6.10. The second-order valence-electron chi connectivity index (χ2n) is 4.71. The summed E-state index contributed by atoms with van der Waals surface area (Å²) in [7, 11) is 0. The van der Waals surface area contributed by atoms with Gasteiger partial charge in [0.1, 0.15) is 16.3 Å². The fraction of sp³-hybridized carbons (Fsp3) is 0.385. The van der Waals surface area contributed by atoms with E-state index >= 15 is 0 Å². The minimum atomic E-state index is 0.685. The number of aromatic nitrogens is 3. The molecule has 5 heteroatoms. The quantitative estimate of drug-likeness (QED) is 0.765. The lowest BCUT2D eigenvalue weighted by molar-refractivity contribution is 0.531. The molecule has 4 nitrogen and oxygen atoms in total. The van der Waals surface area contributed by atoms with Crippen molar-refractivity contribution in [3.63, 3.8) is 0 Å². The van der Waals surface area contributed by atoms with Gasteiger partial charge in [-0.3, -0.25) is 4.40 Å². The molecule has 4 heterocycles. The summed E-state index contributed by atoms with van der Waals surface area (Å²) >= 11 is 1.91. The molecule has 1 aliphatic rings. The number of thioether (sulfide) groups is 1. The number of nitrogens with zero attached hydrogens (tertiary/aromatic N) is 3. The van der Waals surface area contributed by atoms with Crippen LogP contribution in [0, 0.1) is 0 Å². The van der Waals surface area contributed by atoms with Crippen molar-refractivity contribution in [2.75, 3.05) is 13.1 Å². The van der Waals surface area contributed by atoms with Gasteiger partial charge in [0, 0.05) is 5.25 Å². The summed E-state index contributed by atoms with van der Waals surface area (Å²) in [6.45, 7) is 2.25. The average molecular weight is 258 g/mol. The highest BCUT2D eigenvalue weighted by atomic mass is 32.2. The van der Waals surface area contributed by atoms with E-state index < -0.39 is 0 Å². The Bertz CT molecular complexity index is 671. The monoisotopic (exact) mass is 258 g/mol. The predicted molar refractivity (Wildman–Crippen MR) is 73.4 cm³/mol. The first-order valence-corrected chi connectivity index (χ1v) is 7.23. The van der Waals surface area contributed by atoms with Crippen LogP contribution in [-0.2, 0) is 0 Å². The Labute approximate surface area is 109 Å². The van der Waals surface area contributed by atoms with Gasteiger partial charge < -0.3 is 5.32 Å². The van der Waals surface area contributed by atoms with Crippen LogP contribution in [0.3, 0.4) is 0 Å². The molecule has 4 rings (SSSR count). The summed E-state index contributed by atoms with van der Waals surface area (Å²) in [5, 5.41) is 5.22. The zero-order valence-electron chi connectivity index (χ0n) is 9.97. The largest absolute Gasteiger partial charge is 0.317 e. The van der Waals surface area contributed by atoms with E-state index in [1.807, 2.05) is 36.2 Å². The lowest BCUT2D eigenvalue weighted by Gasteiger charge is -2.20.